The van der Waals surface area contributed by atoms with Crippen LogP contribution in [0.25, 0.3) is 11.0 Å². The standard InChI is InChI=1S/C27H28N2O3/c1-21-18-24-14-15-25(31-17-9-8-16-30-19-22-10-4-2-5-11-22)28-26(24)29-27(21)32-20-23-12-6-3-7-13-23/h2-7,10-15,18H,8-9,16-17,19-20H2,1H3. The molecule has 0 bridgehead atoms. The summed E-state index contributed by atoms with van der Waals surface area (Å²) >= 11 is 0. The summed E-state index contributed by atoms with van der Waals surface area (Å²) in [5.74, 6) is 1.18. The number of pyridine rings is 2. The lowest BCUT2D eigenvalue weighted by molar-refractivity contribution is 0.113. The van der Waals surface area contributed by atoms with Crippen LogP contribution in [-0.2, 0) is 18.0 Å². The third-order valence-electron chi connectivity index (χ3n) is 5.06. The number of hydrogen-bond donors (Lipinski definition) is 0. The van der Waals surface area contributed by atoms with E-state index in [1.807, 2.05) is 73.7 Å². The number of nitrogens with zero attached hydrogens (tertiary/aromatic N) is 2. The fourth-order valence-corrected chi connectivity index (χ4v) is 3.32. The van der Waals surface area contributed by atoms with Crippen LogP contribution in [0.1, 0.15) is 29.5 Å². The molecular weight excluding hydrogens is 400 g/mol. The van der Waals surface area contributed by atoms with E-state index in [1.54, 1.807) is 0 Å². The Kier molecular flexibility index (Phi) is 7.66. The molecule has 0 N–H and O–H groups in total. The summed E-state index contributed by atoms with van der Waals surface area (Å²) in [6.07, 6.45) is 1.84. The van der Waals surface area contributed by atoms with E-state index in [-0.39, 0.29) is 0 Å². The van der Waals surface area contributed by atoms with Gasteiger partial charge in [-0.1, -0.05) is 60.7 Å². The maximum atomic E-state index is 5.93. The van der Waals surface area contributed by atoms with Crippen LogP contribution >= 0.6 is 0 Å². The fraction of sp³-hybridized carbons (Fsp3) is 0.259. The molecule has 0 saturated carbocycles. The molecule has 0 fully saturated rings. The second kappa shape index (κ2) is 11.3. The molecule has 0 aliphatic heterocycles. The lowest BCUT2D eigenvalue weighted by Crippen LogP contribution is -2.03. The van der Waals surface area contributed by atoms with Crippen LogP contribution in [0, 0.1) is 6.92 Å². The molecule has 4 aromatic rings. The van der Waals surface area contributed by atoms with Gasteiger partial charge in [0.05, 0.1) is 13.2 Å². The fourth-order valence-electron chi connectivity index (χ4n) is 3.32. The van der Waals surface area contributed by atoms with Crippen molar-refractivity contribution in [2.24, 2.45) is 0 Å². The highest BCUT2D eigenvalue weighted by Gasteiger charge is 2.08. The van der Waals surface area contributed by atoms with Crippen molar-refractivity contribution in [3.63, 3.8) is 0 Å². The molecule has 4 rings (SSSR count). The highest BCUT2D eigenvalue weighted by atomic mass is 16.5. The van der Waals surface area contributed by atoms with E-state index in [0.717, 1.165) is 29.4 Å². The normalized spacial score (nSPS) is 10.9. The topological polar surface area (TPSA) is 53.5 Å². The largest absolute Gasteiger partial charge is 0.478 e. The quantitative estimate of drug-likeness (QED) is 0.279. The summed E-state index contributed by atoms with van der Waals surface area (Å²) in [5, 5.41) is 0.969. The molecule has 0 unspecified atom stereocenters. The van der Waals surface area contributed by atoms with Gasteiger partial charge in [-0.3, -0.25) is 0 Å². The van der Waals surface area contributed by atoms with Gasteiger partial charge in [-0.2, -0.15) is 9.97 Å². The number of unbranched alkanes of at least 4 members (excludes halogenated alkanes) is 1. The Morgan fingerprint density at radius 3 is 2.12 bits per heavy atom. The van der Waals surface area contributed by atoms with Crippen LogP contribution in [0.4, 0.5) is 0 Å². The molecule has 0 radical (unpaired) electrons. The van der Waals surface area contributed by atoms with Crippen molar-refractivity contribution in [3.8, 4) is 11.8 Å². The summed E-state index contributed by atoms with van der Waals surface area (Å²) in [6, 6.07) is 26.2. The first-order chi connectivity index (χ1) is 15.8. The second-order valence-electron chi connectivity index (χ2n) is 7.67. The number of rotatable bonds is 11. The van der Waals surface area contributed by atoms with Crippen molar-refractivity contribution < 1.29 is 14.2 Å². The zero-order chi connectivity index (χ0) is 22.0. The maximum absolute atomic E-state index is 5.93. The number of hydrogen-bond acceptors (Lipinski definition) is 5. The van der Waals surface area contributed by atoms with Gasteiger partial charge in [0.1, 0.15) is 6.61 Å². The molecule has 0 aliphatic carbocycles. The van der Waals surface area contributed by atoms with Gasteiger partial charge >= 0.3 is 0 Å². The van der Waals surface area contributed by atoms with E-state index >= 15 is 0 Å². The van der Waals surface area contributed by atoms with E-state index < -0.39 is 0 Å². The lowest BCUT2D eigenvalue weighted by atomic mass is 10.2. The Bertz CT molecular complexity index is 1120. The Morgan fingerprint density at radius 2 is 1.38 bits per heavy atom. The van der Waals surface area contributed by atoms with Crippen LogP contribution in [0.5, 0.6) is 11.8 Å². The molecule has 5 heteroatoms. The van der Waals surface area contributed by atoms with Gasteiger partial charge in [0.25, 0.3) is 0 Å². The zero-order valence-corrected chi connectivity index (χ0v) is 18.4. The summed E-state index contributed by atoms with van der Waals surface area (Å²) in [7, 11) is 0. The molecule has 164 valence electrons. The van der Waals surface area contributed by atoms with Crippen molar-refractivity contribution in [1.29, 1.82) is 0 Å². The molecule has 0 atom stereocenters. The van der Waals surface area contributed by atoms with Gasteiger partial charge in [-0.05, 0) is 43.0 Å². The van der Waals surface area contributed by atoms with Crippen LogP contribution < -0.4 is 9.47 Å². The second-order valence-corrected chi connectivity index (χ2v) is 7.67. The first kappa shape index (κ1) is 21.8. The van der Waals surface area contributed by atoms with Crippen LogP contribution in [0.3, 0.4) is 0 Å². The molecule has 0 spiro atoms. The predicted octanol–water partition coefficient (Wildman–Crippen LogP) is 5.89. The van der Waals surface area contributed by atoms with Gasteiger partial charge in [0, 0.05) is 23.6 Å². The molecule has 5 nitrogen and oxygen atoms in total. The summed E-state index contributed by atoms with van der Waals surface area (Å²) < 4.78 is 17.5. The number of ether oxygens (including phenoxy) is 3. The first-order valence-electron chi connectivity index (χ1n) is 11.0. The van der Waals surface area contributed by atoms with Crippen molar-refractivity contribution in [1.82, 2.24) is 9.97 Å². The summed E-state index contributed by atoms with van der Waals surface area (Å²) in [4.78, 5) is 9.18. The minimum atomic E-state index is 0.475. The van der Waals surface area contributed by atoms with E-state index in [4.69, 9.17) is 14.2 Å². The Morgan fingerprint density at radius 1 is 0.688 bits per heavy atom. The zero-order valence-electron chi connectivity index (χ0n) is 18.4. The average molecular weight is 429 g/mol. The van der Waals surface area contributed by atoms with E-state index in [9.17, 15) is 0 Å². The number of aryl methyl sites for hydroxylation is 1. The average Bonchev–Trinajstić information content (AvgIpc) is 2.83. The highest BCUT2D eigenvalue weighted by Crippen LogP contribution is 2.23. The molecule has 2 heterocycles. The summed E-state index contributed by atoms with van der Waals surface area (Å²) in [6.45, 7) is 4.43. The SMILES string of the molecule is Cc1cc2ccc(OCCCCOCc3ccccc3)nc2nc1OCc1ccccc1. The van der Waals surface area contributed by atoms with Gasteiger partial charge in [-0.15, -0.1) is 0 Å². The van der Waals surface area contributed by atoms with Crippen molar-refractivity contribution in [3.05, 3.63) is 95.6 Å². The highest BCUT2D eigenvalue weighted by molar-refractivity contribution is 5.76. The van der Waals surface area contributed by atoms with Gasteiger partial charge in [0.15, 0.2) is 5.65 Å². The number of fused-ring (bicyclic) bond motifs is 1. The summed E-state index contributed by atoms with van der Waals surface area (Å²) in [5.41, 5.74) is 3.91. The Hall–Kier alpha value is -3.44. The molecule has 32 heavy (non-hydrogen) atoms. The van der Waals surface area contributed by atoms with Crippen LogP contribution in [0.2, 0.25) is 0 Å². The van der Waals surface area contributed by atoms with Crippen LogP contribution in [-0.4, -0.2) is 23.2 Å². The van der Waals surface area contributed by atoms with E-state index in [2.05, 4.69) is 22.1 Å². The molecular formula is C27H28N2O3. The predicted molar refractivity (Wildman–Crippen MR) is 126 cm³/mol. The smallest absolute Gasteiger partial charge is 0.218 e. The number of benzene rings is 2. The van der Waals surface area contributed by atoms with Gasteiger partial charge < -0.3 is 14.2 Å². The van der Waals surface area contributed by atoms with Gasteiger partial charge in [-0.25, -0.2) is 0 Å². The third kappa shape index (κ3) is 6.28. The Balaban J connectivity index is 1.25. The monoisotopic (exact) mass is 428 g/mol. The maximum Gasteiger partial charge on any atom is 0.218 e. The van der Waals surface area contributed by atoms with E-state index in [0.29, 0.717) is 43.8 Å². The van der Waals surface area contributed by atoms with Gasteiger partial charge in [0.2, 0.25) is 11.8 Å². The minimum absolute atomic E-state index is 0.475. The molecule has 0 saturated heterocycles. The molecule has 0 amide bonds. The lowest BCUT2D eigenvalue weighted by Gasteiger charge is -2.10. The molecule has 2 aromatic heterocycles. The van der Waals surface area contributed by atoms with Crippen molar-refractivity contribution in [2.45, 2.75) is 33.0 Å². The third-order valence-corrected chi connectivity index (χ3v) is 5.06. The van der Waals surface area contributed by atoms with Crippen LogP contribution in [0.15, 0.2) is 78.9 Å². The van der Waals surface area contributed by atoms with Crippen molar-refractivity contribution >= 4 is 11.0 Å². The Labute approximate surface area is 189 Å². The number of aromatic nitrogens is 2. The minimum Gasteiger partial charge on any atom is -0.478 e. The molecule has 0 aliphatic rings. The molecule has 2 aromatic carbocycles. The van der Waals surface area contributed by atoms with Crippen molar-refractivity contribution in [2.75, 3.05) is 13.2 Å². The van der Waals surface area contributed by atoms with E-state index in [1.165, 1.54) is 5.56 Å². The first-order valence-corrected chi connectivity index (χ1v) is 11.0.